The maximum atomic E-state index is 5.76. The van der Waals surface area contributed by atoms with Crippen LogP contribution in [0.2, 0.25) is 0 Å². The fourth-order valence-corrected chi connectivity index (χ4v) is 3.06. The Kier molecular flexibility index (Phi) is 2.70. The lowest BCUT2D eigenvalue weighted by molar-refractivity contribution is 0.426. The van der Waals surface area contributed by atoms with E-state index in [1.165, 1.54) is 24.1 Å². The zero-order valence-electron chi connectivity index (χ0n) is 8.12. The number of rotatable bonds is 3. The van der Waals surface area contributed by atoms with Gasteiger partial charge in [-0.25, -0.2) is 0 Å². The maximum Gasteiger partial charge on any atom is 0.00791 e. The van der Waals surface area contributed by atoms with E-state index in [0.717, 1.165) is 12.3 Å². The Morgan fingerprint density at radius 2 is 2.31 bits per heavy atom. The highest BCUT2D eigenvalue weighted by Gasteiger charge is 2.20. The zero-order valence-corrected chi connectivity index (χ0v) is 8.94. The monoisotopic (exact) mass is 195 g/mol. The average molecular weight is 195 g/mol. The third kappa shape index (κ3) is 2.12. The summed E-state index contributed by atoms with van der Waals surface area (Å²) in [4.78, 5) is 3.04. The summed E-state index contributed by atoms with van der Waals surface area (Å²) in [5.41, 5.74) is 5.76. The summed E-state index contributed by atoms with van der Waals surface area (Å²) in [7, 11) is 0. The summed E-state index contributed by atoms with van der Waals surface area (Å²) >= 11 is 1.97. The van der Waals surface area contributed by atoms with Gasteiger partial charge < -0.3 is 5.73 Å². The Hall–Kier alpha value is -0.340. The predicted molar refractivity (Wildman–Crippen MR) is 58.3 cm³/mol. The van der Waals surface area contributed by atoms with Gasteiger partial charge in [-0.1, -0.05) is 6.42 Å². The van der Waals surface area contributed by atoms with E-state index in [-0.39, 0.29) is 0 Å². The smallest absolute Gasteiger partial charge is 0.00791 e. The van der Waals surface area contributed by atoms with Crippen molar-refractivity contribution in [2.75, 3.05) is 0 Å². The zero-order chi connectivity index (χ0) is 9.26. The summed E-state index contributed by atoms with van der Waals surface area (Å²) in [5, 5.41) is 0. The van der Waals surface area contributed by atoms with E-state index in [9.17, 15) is 0 Å². The van der Waals surface area contributed by atoms with Crippen LogP contribution in [-0.2, 0) is 6.42 Å². The SMILES string of the molecule is CC(N)Cc1ccc(C2CCC2)s1. The molecule has 2 rings (SSSR count). The molecule has 0 spiro atoms. The van der Waals surface area contributed by atoms with Gasteiger partial charge in [0.2, 0.25) is 0 Å². The van der Waals surface area contributed by atoms with Crippen LogP contribution in [-0.4, -0.2) is 6.04 Å². The molecule has 0 radical (unpaired) electrons. The van der Waals surface area contributed by atoms with Crippen LogP contribution in [0.15, 0.2) is 12.1 Å². The molecule has 1 aliphatic carbocycles. The minimum absolute atomic E-state index is 0.299. The Labute approximate surface area is 84.0 Å². The average Bonchev–Trinajstić information content (AvgIpc) is 2.31. The summed E-state index contributed by atoms with van der Waals surface area (Å²) in [5.74, 6) is 0.881. The van der Waals surface area contributed by atoms with Crippen LogP contribution in [0, 0.1) is 0 Å². The highest BCUT2D eigenvalue weighted by Crippen LogP contribution is 2.39. The van der Waals surface area contributed by atoms with E-state index in [1.807, 2.05) is 11.3 Å². The van der Waals surface area contributed by atoms with Crippen molar-refractivity contribution in [3.05, 3.63) is 21.9 Å². The van der Waals surface area contributed by atoms with Crippen molar-refractivity contribution in [3.8, 4) is 0 Å². The van der Waals surface area contributed by atoms with E-state index >= 15 is 0 Å². The third-order valence-corrected chi connectivity index (χ3v) is 3.98. The fraction of sp³-hybridized carbons (Fsp3) is 0.636. The maximum absolute atomic E-state index is 5.76. The second-order valence-electron chi connectivity index (χ2n) is 4.11. The molecule has 1 heterocycles. The van der Waals surface area contributed by atoms with Gasteiger partial charge in [0.25, 0.3) is 0 Å². The summed E-state index contributed by atoms with van der Waals surface area (Å²) in [6.07, 6.45) is 5.26. The molecule has 2 heteroatoms. The highest BCUT2D eigenvalue weighted by atomic mass is 32.1. The van der Waals surface area contributed by atoms with Crippen LogP contribution < -0.4 is 5.73 Å². The van der Waals surface area contributed by atoms with Gasteiger partial charge in [0.15, 0.2) is 0 Å². The number of thiophene rings is 1. The van der Waals surface area contributed by atoms with Crippen LogP contribution in [0.5, 0.6) is 0 Å². The van der Waals surface area contributed by atoms with Crippen molar-refractivity contribution < 1.29 is 0 Å². The molecule has 72 valence electrons. The minimum Gasteiger partial charge on any atom is -0.328 e. The van der Waals surface area contributed by atoms with Crippen LogP contribution in [0.4, 0.5) is 0 Å². The molecule has 1 atom stereocenters. The van der Waals surface area contributed by atoms with Crippen molar-refractivity contribution in [2.24, 2.45) is 5.73 Å². The molecule has 1 saturated carbocycles. The Morgan fingerprint density at radius 3 is 2.85 bits per heavy atom. The van der Waals surface area contributed by atoms with E-state index in [4.69, 9.17) is 5.73 Å². The quantitative estimate of drug-likeness (QED) is 0.788. The summed E-state index contributed by atoms with van der Waals surface area (Å²) in [6.45, 7) is 2.07. The van der Waals surface area contributed by atoms with Crippen LogP contribution in [0.25, 0.3) is 0 Å². The largest absolute Gasteiger partial charge is 0.328 e. The van der Waals surface area contributed by atoms with Crippen molar-refractivity contribution in [1.82, 2.24) is 0 Å². The molecule has 0 aliphatic heterocycles. The van der Waals surface area contributed by atoms with Gasteiger partial charge in [-0.15, -0.1) is 11.3 Å². The minimum atomic E-state index is 0.299. The molecular formula is C11H17NS. The normalized spacial score (nSPS) is 19.8. The van der Waals surface area contributed by atoms with Crippen LogP contribution >= 0.6 is 11.3 Å². The Bertz CT molecular complexity index is 273. The van der Waals surface area contributed by atoms with E-state index in [2.05, 4.69) is 19.1 Å². The molecule has 1 nitrogen and oxygen atoms in total. The number of hydrogen-bond acceptors (Lipinski definition) is 2. The van der Waals surface area contributed by atoms with Gasteiger partial charge in [0.1, 0.15) is 0 Å². The molecule has 1 aliphatic rings. The van der Waals surface area contributed by atoms with Crippen molar-refractivity contribution in [3.63, 3.8) is 0 Å². The second-order valence-corrected chi connectivity index (χ2v) is 5.31. The lowest BCUT2D eigenvalue weighted by Crippen LogP contribution is -2.16. The van der Waals surface area contributed by atoms with E-state index in [0.29, 0.717) is 6.04 Å². The molecule has 13 heavy (non-hydrogen) atoms. The standard InChI is InChI=1S/C11H17NS/c1-8(12)7-10-5-6-11(13-10)9-3-2-4-9/h5-6,8-9H,2-4,7,12H2,1H3. The van der Waals surface area contributed by atoms with Gasteiger partial charge in [0, 0.05) is 15.8 Å². The number of hydrogen-bond donors (Lipinski definition) is 1. The van der Waals surface area contributed by atoms with Crippen LogP contribution in [0.1, 0.15) is 41.9 Å². The fourth-order valence-electron chi connectivity index (χ4n) is 1.73. The van der Waals surface area contributed by atoms with Crippen molar-refractivity contribution in [1.29, 1.82) is 0 Å². The Morgan fingerprint density at radius 1 is 1.54 bits per heavy atom. The first-order valence-corrected chi connectivity index (χ1v) is 5.91. The van der Waals surface area contributed by atoms with Gasteiger partial charge in [-0.05, 0) is 44.2 Å². The van der Waals surface area contributed by atoms with Crippen LogP contribution in [0.3, 0.4) is 0 Å². The molecule has 0 bridgehead atoms. The van der Waals surface area contributed by atoms with Crippen molar-refractivity contribution in [2.45, 2.75) is 44.6 Å². The second kappa shape index (κ2) is 3.81. The Balaban J connectivity index is 2.00. The molecule has 1 fully saturated rings. The lowest BCUT2D eigenvalue weighted by atomic mass is 9.84. The molecule has 0 aromatic carbocycles. The van der Waals surface area contributed by atoms with Crippen molar-refractivity contribution >= 4 is 11.3 Å². The third-order valence-electron chi connectivity index (χ3n) is 2.71. The summed E-state index contributed by atoms with van der Waals surface area (Å²) < 4.78 is 0. The topological polar surface area (TPSA) is 26.0 Å². The molecular weight excluding hydrogens is 178 g/mol. The molecule has 2 N–H and O–H groups in total. The predicted octanol–water partition coefficient (Wildman–Crippen LogP) is 2.91. The molecule has 1 unspecified atom stereocenters. The van der Waals surface area contributed by atoms with Gasteiger partial charge in [-0.3, -0.25) is 0 Å². The van der Waals surface area contributed by atoms with Gasteiger partial charge >= 0.3 is 0 Å². The molecule has 1 aromatic rings. The van der Waals surface area contributed by atoms with Gasteiger partial charge in [-0.2, -0.15) is 0 Å². The molecule has 1 aromatic heterocycles. The lowest BCUT2D eigenvalue weighted by Gasteiger charge is -2.23. The van der Waals surface area contributed by atoms with Gasteiger partial charge in [0.05, 0.1) is 0 Å². The first kappa shape index (κ1) is 9.22. The highest BCUT2D eigenvalue weighted by molar-refractivity contribution is 7.12. The van der Waals surface area contributed by atoms with E-state index in [1.54, 1.807) is 4.88 Å². The number of nitrogens with two attached hydrogens (primary N) is 1. The summed E-state index contributed by atoms with van der Waals surface area (Å²) in [6, 6.07) is 4.85. The van der Waals surface area contributed by atoms with E-state index < -0.39 is 0 Å². The molecule has 0 saturated heterocycles. The molecule has 0 amide bonds. The first-order valence-electron chi connectivity index (χ1n) is 5.10. The first-order chi connectivity index (χ1) is 6.25.